The maximum absolute atomic E-state index is 16.0. The van der Waals surface area contributed by atoms with Gasteiger partial charge in [0.15, 0.2) is 17.4 Å². The Morgan fingerprint density at radius 1 is 1.27 bits per heavy atom. The molecule has 0 spiro atoms. The van der Waals surface area contributed by atoms with Crippen LogP contribution in [-0.4, -0.2) is 49.5 Å². The molecule has 11 heteroatoms. The van der Waals surface area contributed by atoms with Gasteiger partial charge in [0.2, 0.25) is 0 Å². The molecule has 1 saturated heterocycles. The van der Waals surface area contributed by atoms with Crippen molar-refractivity contribution in [2.75, 3.05) is 11.9 Å². The van der Waals surface area contributed by atoms with Gasteiger partial charge in [0, 0.05) is 47.8 Å². The predicted octanol–water partition coefficient (Wildman–Crippen LogP) is 6.23. The fourth-order valence-corrected chi connectivity index (χ4v) is 5.56. The number of nitrogens with zero attached hydrogens (tertiary/aromatic N) is 3. The van der Waals surface area contributed by atoms with E-state index in [0.29, 0.717) is 23.5 Å². The molecule has 4 rings (SSSR count). The van der Waals surface area contributed by atoms with Crippen LogP contribution in [0.3, 0.4) is 0 Å². The molecule has 40 heavy (non-hydrogen) atoms. The maximum atomic E-state index is 16.0. The van der Waals surface area contributed by atoms with E-state index in [0.717, 1.165) is 5.69 Å². The number of H-pyrrole nitrogens is 1. The molecule has 1 fully saturated rings. The minimum atomic E-state index is -1.33. The number of halogens is 3. The Balaban J connectivity index is 1.68. The van der Waals surface area contributed by atoms with Crippen LogP contribution in [0.2, 0.25) is 5.02 Å². The number of pyridine rings is 1. The number of rotatable bonds is 9. The van der Waals surface area contributed by atoms with E-state index in [1.807, 2.05) is 18.7 Å². The van der Waals surface area contributed by atoms with Crippen molar-refractivity contribution in [2.45, 2.75) is 66.5 Å². The molecule has 1 aromatic carbocycles. The number of nitrogens with one attached hydrogen (secondary N) is 2. The van der Waals surface area contributed by atoms with Crippen LogP contribution in [0.4, 0.5) is 20.4 Å². The smallest absolute Gasteiger partial charge is 0.310 e. The molecule has 3 N–H and O–H groups in total. The van der Waals surface area contributed by atoms with Crippen LogP contribution in [0.5, 0.6) is 0 Å². The van der Waals surface area contributed by atoms with Gasteiger partial charge in [-0.1, -0.05) is 37.6 Å². The number of piperidine rings is 1. The Morgan fingerprint density at radius 3 is 2.60 bits per heavy atom. The Hall–Kier alpha value is -3.37. The highest BCUT2D eigenvalue weighted by molar-refractivity contribution is 6.30. The van der Waals surface area contributed by atoms with Crippen molar-refractivity contribution >= 4 is 35.0 Å². The average molecular weight is 574 g/mol. The van der Waals surface area contributed by atoms with Gasteiger partial charge >= 0.3 is 5.97 Å². The Bertz CT molecular complexity index is 1440. The van der Waals surface area contributed by atoms with E-state index in [-0.39, 0.29) is 53.9 Å². The number of carboxylic acid groups (broad SMARTS) is 1. The molecule has 2 atom stereocenters. The highest BCUT2D eigenvalue weighted by Crippen LogP contribution is 2.40. The fraction of sp³-hybridized carbons (Fsp3) is 0.448. The number of ketones is 1. The first-order valence-electron chi connectivity index (χ1n) is 13.3. The van der Waals surface area contributed by atoms with Crippen molar-refractivity contribution in [3.05, 3.63) is 69.0 Å². The molecule has 0 aliphatic carbocycles. The van der Waals surface area contributed by atoms with Gasteiger partial charge in [-0.05, 0) is 46.2 Å². The first kappa shape index (κ1) is 29.6. The molecular weight excluding hydrogens is 540 g/mol. The SMILES string of the molecule is Cc1cc(Nc2nc(C[C@@]3(C(=O)O)CCN(Cc4cccc(Cl)c4F)[C@H](C)C3)c(F)c(C(=O)C(C)C)c2C)n[nH]1. The highest BCUT2D eigenvalue weighted by atomic mass is 35.5. The molecule has 0 amide bonds. The summed E-state index contributed by atoms with van der Waals surface area (Å²) in [4.78, 5) is 32.3. The van der Waals surface area contributed by atoms with Crippen LogP contribution in [0.1, 0.15) is 66.5 Å². The number of aliphatic carboxylic acids is 1. The lowest BCUT2D eigenvalue weighted by atomic mass is 9.72. The molecule has 8 nitrogen and oxygen atoms in total. The van der Waals surface area contributed by atoms with E-state index in [1.165, 1.54) is 6.07 Å². The van der Waals surface area contributed by atoms with E-state index in [9.17, 15) is 19.1 Å². The topological polar surface area (TPSA) is 111 Å². The molecule has 0 saturated carbocycles. The number of benzene rings is 1. The number of aryl methyl sites for hydroxylation is 1. The van der Waals surface area contributed by atoms with Crippen LogP contribution < -0.4 is 5.32 Å². The normalized spacial score (nSPS) is 19.7. The van der Waals surface area contributed by atoms with Crippen molar-refractivity contribution in [1.29, 1.82) is 0 Å². The van der Waals surface area contributed by atoms with Crippen LogP contribution in [0, 0.1) is 36.8 Å². The van der Waals surface area contributed by atoms with Crippen molar-refractivity contribution in [3.63, 3.8) is 0 Å². The van der Waals surface area contributed by atoms with E-state index < -0.39 is 34.7 Å². The van der Waals surface area contributed by atoms with Crippen molar-refractivity contribution in [2.24, 2.45) is 11.3 Å². The molecule has 0 bridgehead atoms. The summed E-state index contributed by atoms with van der Waals surface area (Å²) in [5.41, 5.74) is 0.0329. The third-order valence-corrected chi connectivity index (χ3v) is 8.02. The Kier molecular flexibility index (Phi) is 8.60. The number of Topliss-reactive ketones (excluding diaryl/α,β-unsaturated/α-hetero) is 1. The standard InChI is InChI=1S/C29H34ClF2N5O3/c1-15(2)26(38)23-18(5)27(34-22-11-16(3)35-36-22)33-21(25(23)32)13-29(28(39)40)9-10-37(17(4)12-29)14-19-7-6-8-20(30)24(19)31/h6-8,11,15,17H,9-10,12-14H2,1-5H3,(H,39,40)(H2,33,34,35,36)/t17-,29-/m1/s1. The van der Waals surface area contributed by atoms with E-state index in [2.05, 4.69) is 20.5 Å². The van der Waals surface area contributed by atoms with Crippen molar-refractivity contribution in [3.8, 4) is 0 Å². The van der Waals surface area contributed by atoms with Crippen LogP contribution >= 0.6 is 11.6 Å². The second-order valence-corrected chi connectivity index (χ2v) is 11.5. The lowest BCUT2D eigenvalue weighted by Crippen LogP contribution is -2.50. The molecule has 1 aliphatic heterocycles. The molecule has 0 unspecified atom stereocenters. The number of aromatic nitrogens is 3. The van der Waals surface area contributed by atoms with E-state index in [1.54, 1.807) is 39.0 Å². The van der Waals surface area contributed by atoms with Crippen molar-refractivity contribution in [1.82, 2.24) is 20.1 Å². The second-order valence-electron chi connectivity index (χ2n) is 11.1. The van der Waals surface area contributed by atoms with Gasteiger partial charge in [-0.3, -0.25) is 19.6 Å². The minimum absolute atomic E-state index is 0.0316. The molecular formula is C29H34ClF2N5O3. The molecule has 0 radical (unpaired) electrons. The molecule has 214 valence electrons. The van der Waals surface area contributed by atoms with Crippen LogP contribution in [0.15, 0.2) is 24.3 Å². The summed E-state index contributed by atoms with van der Waals surface area (Å²) >= 11 is 5.94. The van der Waals surface area contributed by atoms with Gasteiger partial charge in [0.1, 0.15) is 11.6 Å². The van der Waals surface area contributed by atoms with Gasteiger partial charge in [-0.25, -0.2) is 13.8 Å². The number of aromatic amines is 1. The quantitative estimate of drug-likeness (QED) is 0.260. The predicted molar refractivity (Wildman–Crippen MR) is 149 cm³/mol. The van der Waals surface area contributed by atoms with E-state index >= 15 is 4.39 Å². The van der Waals surface area contributed by atoms with Gasteiger partial charge < -0.3 is 10.4 Å². The fourth-order valence-electron chi connectivity index (χ4n) is 5.37. The average Bonchev–Trinajstić information content (AvgIpc) is 3.30. The number of carboxylic acids is 1. The first-order chi connectivity index (χ1) is 18.8. The molecule has 3 heterocycles. The summed E-state index contributed by atoms with van der Waals surface area (Å²) in [6, 6.07) is 6.30. The summed E-state index contributed by atoms with van der Waals surface area (Å²) in [6.45, 7) is 9.30. The van der Waals surface area contributed by atoms with Crippen LogP contribution in [-0.2, 0) is 17.8 Å². The summed E-state index contributed by atoms with van der Waals surface area (Å²) in [6.07, 6.45) is 0.178. The highest BCUT2D eigenvalue weighted by Gasteiger charge is 2.46. The monoisotopic (exact) mass is 573 g/mol. The van der Waals surface area contributed by atoms with Gasteiger partial charge in [0.05, 0.1) is 21.7 Å². The van der Waals surface area contributed by atoms with Gasteiger partial charge in [0.25, 0.3) is 0 Å². The van der Waals surface area contributed by atoms with Crippen molar-refractivity contribution < 1.29 is 23.5 Å². The zero-order valence-electron chi connectivity index (χ0n) is 23.2. The number of carbonyl (C=O) groups excluding carboxylic acids is 1. The third kappa shape index (κ3) is 5.88. The zero-order valence-corrected chi connectivity index (χ0v) is 24.0. The summed E-state index contributed by atoms with van der Waals surface area (Å²) in [5.74, 6) is -2.54. The number of hydrogen-bond acceptors (Lipinski definition) is 6. The number of anilines is 2. The summed E-state index contributed by atoms with van der Waals surface area (Å²) in [7, 11) is 0. The lowest BCUT2D eigenvalue weighted by molar-refractivity contribution is -0.153. The number of carbonyl (C=O) groups is 2. The molecule has 1 aliphatic rings. The summed E-state index contributed by atoms with van der Waals surface area (Å²) in [5, 5.41) is 20.4. The van der Waals surface area contributed by atoms with Gasteiger partial charge in [-0.15, -0.1) is 0 Å². The second kappa shape index (κ2) is 11.6. The number of likely N-dealkylation sites (tertiary alicyclic amines) is 1. The zero-order chi connectivity index (χ0) is 29.4. The Morgan fingerprint density at radius 2 is 2.00 bits per heavy atom. The first-order valence-corrected chi connectivity index (χ1v) is 13.6. The lowest BCUT2D eigenvalue weighted by Gasteiger charge is -2.43. The minimum Gasteiger partial charge on any atom is -0.481 e. The molecule has 2 aromatic heterocycles. The number of hydrogen-bond donors (Lipinski definition) is 3. The van der Waals surface area contributed by atoms with Gasteiger partial charge in [-0.2, -0.15) is 5.10 Å². The maximum Gasteiger partial charge on any atom is 0.310 e. The summed E-state index contributed by atoms with van der Waals surface area (Å²) < 4.78 is 30.5. The largest absolute Gasteiger partial charge is 0.481 e. The molecule has 3 aromatic rings. The van der Waals surface area contributed by atoms with E-state index in [4.69, 9.17) is 11.6 Å². The Labute approximate surface area is 237 Å². The third-order valence-electron chi connectivity index (χ3n) is 7.72. The van der Waals surface area contributed by atoms with Crippen LogP contribution in [0.25, 0.3) is 0 Å².